The average Bonchev–Trinajstić information content (AvgIpc) is 2.47. The number of aryl methyl sites for hydroxylation is 2. The van der Waals surface area contributed by atoms with Crippen molar-refractivity contribution in [3.05, 3.63) is 29.3 Å². The summed E-state index contributed by atoms with van der Waals surface area (Å²) < 4.78 is 27.1. The lowest BCUT2D eigenvalue weighted by atomic mass is 10.2. The first-order valence-corrected chi connectivity index (χ1v) is 9.06. The van der Waals surface area contributed by atoms with Crippen LogP contribution in [0.2, 0.25) is 0 Å². The smallest absolute Gasteiger partial charge is 0.243 e. The Hall–Kier alpha value is -1.42. The lowest BCUT2D eigenvalue weighted by molar-refractivity contribution is 0.187. The van der Waals surface area contributed by atoms with Gasteiger partial charge in [0.2, 0.25) is 10.0 Å². The molecule has 22 heavy (non-hydrogen) atoms. The first kappa shape index (κ1) is 16.9. The summed E-state index contributed by atoms with van der Waals surface area (Å²) in [5, 5.41) is 8.56. The zero-order chi connectivity index (χ0) is 16.2. The Bertz CT molecular complexity index is 656. The van der Waals surface area contributed by atoms with Gasteiger partial charge in [0.15, 0.2) is 0 Å². The molecule has 120 valence electrons. The molecular weight excluding hydrogens is 298 g/mol. The van der Waals surface area contributed by atoms with E-state index in [1.54, 1.807) is 10.4 Å². The van der Waals surface area contributed by atoms with Crippen molar-refractivity contribution >= 4 is 10.0 Å². The van der Waals surface area contributed by atoms with E-state index < -0.39 is 10.0 Å². The van der Waals surface area contributed by atoms with Crippen LogP contribution < -0.4 is 0 Å². The summed E-state index contributed by atoms with van der Waals surface area (Å²) in [7, 11) is -3.40. The number of nitriles is 1. The molecule has 0 amide bonds. The van der Waals surface area contributed by atoms with Gasteiger partial charge in [0.1, 0.15) is 0 Å². The topological polar surface area (TPSA) is 64.4 Å². The Morgan fingerprint density at radius 2 is 1.86 bits per heavy atom. The molecule has 5 nitrogen and oxygen atoms in total. The molecule has 0 bridgehead atoms. The number of rotatable bonds is 5. The van der Waals surface area contributed by atoms with Crippen molar-refractivity contribution in [3.63, 3.8) is 0 Å². The number of sulfonamides is 1. The van der Waals surface area contributed by atoms with Crippen LogP contribution in [0.25, 0.3) is 0 Å². The summed E-state index contributed by atoms with van der Waals surface area (Å²) in [4.78, 5) is 2.64. The quantitative estimate of drug-likeness (QED) is 0.777. The van der Waals surface area contributed by atoms with Crippen LogP contribution in [0.3, 0.4) is 0 Å². The standard InChI is InChI=1S/C16H23N3O2S/c1-14-5-6-16(15(2)13-14)22(20,21)19-11-9-18(10-12-19)8-4-3-7-17/h5-6,13H,3-4,8-12H2,1-2H3. The number of benzene rings is 1. The lowest BCUT2D eigenvalue weighted by Gasteiger charge is -2.34. The number of piperazine rings is 1. The molecule has 0 unspecified atom stereocenters. The molecule has 1 aliphatic rings. The van der Waals surface area contributed by atoms with Crippen molar-refractivity contribution in [2.45, 2.75) is 31.6 Å². The first-order chi connectivity index (χ1) is 10.4. The van der Waals surface area contributed by atoms with Gasteiger partial charge in [-0.3, -0.25) is 0 Å². The normalized spacial score (nSPS) is 17.3. The third-order valence-corrected chi connectivity index (χ3v) is 6.10. The Balaban J connectivity index is 2.02. The predicted octanol–water partition coefficient (Wildman–Crippen LogP) is 1.91. The summed E-state index contributed by atoms with van der Waals surface area (Å²) in [6.07, 6.45) is 1.40. The molecule has 1 saturated heterocycles. The zero-order valence-corrected chi connectivity index (χ0v) is 14.1. The minimum atomic E-state index is -3.40. The van der Waals surface area contributed by atoms with Crippen molar-refractivity contribution in [1.82, 2.24) is 9.21 Å². The molecule has 1 aliphatic heterocycles. The summed E-state index contributed by atoms with van der Waals surface area (Å²) in [6.45, 7) is 7.17. The van der Waals surface area contributed by atoms with Crippen molar-refractivity contribution < 1.29 is 8.42 Å². The van der Waals surface area contributed by atoms with Gasteiger partial charge in [0, 0.05) is 32.6 Å². The minimum Gasteiger partial charge on any atom is -0.301 e. The number of hydrogen-bond donors (Lipinski definition) is 0. The summed E-state index contributed by atoms with van der Waals surface area (Å²) in [5.41, 5.74) is 1.87. The van der Waals surface area contributed by atoms with E-state index in [0.29, 0.717) is 24.4 Å². The maximum absolute atomic E-state index is 12.8. The van der Waals surface area contributed by atoms with Gasteiger partial charge < -0.3 is 4.90 Å². The molecule has 1 heterocycles. The molecule has 0 atom stereocenters. The van der Waals surface area contributed by atoms with E-state index in [1.165, 1.54) is 0 Å². The second-order valence-electron chi connectivity index (χ2n) is 5.78. The van der Waals surface area contributed by atoms with Crippen LogP contribution in [0, 0.1) is 25.2 Å². The fourth-order valence-corrected chi connectivity index (χ4v) is 4.43. The van der Waals surface area contributed by atoms with E-state index in [2.05, 4.69) is 11.0 Å². The van der Waals surface area contributed by atoms with E-state index in [4.69, 9.17) is 5.26 Å². The minimum absolute atomic E-state index is 0.413. The monoisotopic (exact) mass is 321 g/mol. The van der Waals surface area contributed by atoms with Crippen molar-refractivity contribution in [2.75, 3.05) is 32.7 Å². The Morgan fingerprint density at radius 3 is 2.45 bits per heavy atom. The highest BCUT2D eigenvalue weighted by Gasteiger charge is 2.29. The molecule has 0 aliphatic carbocycles. The molecule has 0 saturated carbocycles. The molecule has 0 aromatic heterocycles. The van der Waals surface area contributed by atoms with Crippen molar-refractivity contribution in [2.24, 2.45) is 0 Å². The van der Waals surface area contributed by atoms with E-state index in [-0.39, 0.29) is 0 Å². The number of nitrogens with zero attached hydrogens (tertiary/aromatic N) is 3. The van der Waals surface area contributed by atoms with Crippen LogP contribution in [0.15, 0.2) is 23.1 Å². The lowest BCUT2D eigenvalue weighted by Crippen LogP contribution is -2.48. The summed E-state index contributed by atoms with van der Waals surface area (Å²) in [5.74, 6) is 0. The zero-order valence-electron chi connectivity index (χ0n) is 13.2. The molecule has 0 radical (unpaired) electrons. The highest BCUT2D eigenvalue weighted by Crippen LogP contribution is 2.22. The van der Waals surface area contributed by atoms with Gasteiger partial charge in [-0.2, -0.15) is 9.57 Å². The Labute approximate surface area is 133 Å². The molecule has 0 N–H and O–H groups in total. The van der Waals surface area contributed by atoms with Crippen LogP contribution in [0.1, 0.15) is 24.0 Å². The molecular formula is C16H23N3O2S. The fourth-order valence-electron chi connectivity index (χ4n) is 2.80. The van der Waals surface area contributed by atoms with Gasteiger partial charge in [-0.25, -0.2) is 8.42 Å². The second kappa shape index (κ2) is 7.23. The summed E-state index contributed by atoms with van der Waals surface area (Å²) >= 11 is 0. The highest BCUT2D eigenvalue weighted by molar-refractivity contribution is 7.89. The van der Waals surface area contributed by atoms with Gasteiger partial charge in [-0.05, 0) is 38.4 Å². The number of unbranched alkanes of at least 4 members (excludes halogenated alkanes) is 1. The van der Waals surface area contributed by atoms with E-state index in [1.807, 2.05) is 26.0 Å². The van der Waals surface area contributed by atoms with Crippen LogP contribution in [-0.2, 0) is 10.0 Å². The van der Waals surface area contributed by atoms with E-state index >= 15 is 0 Å². The fraction of sp³-hybridized carbons (Fsp3) is 0.562. The van der Waals surface area contributed by atoms with Crippen molar-refractivity contribution in [1.29, 1.82) is 5.26 Å². The Kier molecular flexibility index (Phi) is 5.57. The molecule has 6 heteroatoms. The van der Waals surface area contributed by atoms with Gasteiger partial charge in [0.05, 0.1) is 11.0 Å². The summed E-state index contributed by atoms with van der Waals surface area (Å²) in [6, 6.07) is 7.60. The molecule has 2 rings (SSSR count). The van der Waals surface area contributed by atoms with Crippen LogP contribution in [0.4, 0.5) is 0 Å². The average molecular weight is 321 g/mol. The molecule has 1 fully saturated rings. The maximum Gasteiger partial charge on any atom is 0.243 e. The van der Waals surface area contributed by atoms with Crippen LogP contribution >= 0.6 is 0 Å². The predicted molar refractivity (Wildman–Crippen MR) is 86.0 cm³/mol. The molecule has 0 spiro atoms. The van der Waals surface area contributed by atoms with Crippen LogP contribution in [0.5, 0.6) is 0 Å². The third-order valence-electron chi connectivity index (χ3n) is 4.04. The van der Waals surface area contributed by atoms with Gasteiger partial charge in [-0.1, -0.05) is 17.7 Å². The Morgan fingerprint density at radius 1 is 1.18 bits per heavy atom. The van der Waals surface area contributed by atoms with Gasteiger partial charge in [0.25, 0.3) is 0 Å². The first-order valence-electron chi connectivity index (χ1n) is 7.62. The largest absolute Gasteiger partial charge is 0.301 e. The van der Waals surface area contributed by atoms with Crippen molar-refractivity contribution in [3.8, 4) is 6.07 Å². The molecule has 1 aromatic carbocycles. The number of hydrogen-bond acceptors (Lipinski definition) is 4. The SMILES string of the molecule is Cc1ccc(S(=O)(=O)N2CCN(CCCC#N)CC2)c(C)c1. The van der Waals surface area contributed by atoms with E-state index in [9.17, 15) is 8.42 Å². The van der Waals surface area contributed by atoms with Gasteiger partial charge >= 0.3 is 0 Å². The molecule has 1 aromatic rings. The van der Waals surface area contributed by atoms with Crippen LogP contribution in [-0.4, -0.2) is 50.3 Å². The highest BCUT2D eigenvalue weighted by atomic mass is 32.2. The van der Waals surface area contributed by atoms with Gasteiger partial charge in [-0.15, -0.1) is 0 Å². The maximum atomic E-state index is 12.8. The van der Waals surface area contributed by atoms with E-state index in [0.717, 1.165) is 37.2 Å². The second-order valence-corrected chi connectivity index (χ2v) is 7.68. The third kappa shape index (κ3) is 3.86.